The van der Waals surface area contributed by atoms with E-state index in [1.165, 1.54) is 45.6 Å². The molecular formula is C18H18N2O8. The number of methoxy groups -OCH3 is 3. The number of anilines is 1. The van der Waals surface area contributed by atoms with Crippen molar-refractivity contribution in [2.24, 2.45) is 0 Å². The zero-order valence-corrected chi connectivity index (χ0v) is 15.4. The molecule has 2 aromatic carbocycles. The normalized spacial score (nSPS) is 9.96. The van der Waals surface area contributed by atoms with Crippen LogP contribution in [-0.2, 0) is 9.53 Å². The summed E-state index contributed by atoms with van der Waals surface area (Å²) in [6.45, 7) is -0.650. The highest BCUT2D eigenvalue weighted by Gasteiger charge is 2.20. The average Bonchev–Trinajstić information content (AvgIpc) is 2.71. The first-order valence-electron chi connectivity index (χ1n) is 7.91. The van der Waals surface area contributed by atoms with E-state index in [1.807, 2.05) is 0 Å². The van der Waals surface area contributed by atoms with Gasteiger partial charge in [0.15, 0.2) is 18.1 Å². The molecule has 0 atom stereocenters. The van der Waals surface area contributed by atoms with E-state index in [9.17, 15) is 19.7 Å². The Kier molecular flexibility index (Phi) is 6.74. The summed E-state index contributed by atoms with van der Waals surface area (Å²) in [5, 5.41) is 13.5. The Morgan fingerprint density at radius 3 is 2.43 bits per heavy atom. The number of para-hydroxylation sites is 1. The molecule has 0 radical (unpaired) electrons. The van der Waals surface area contributed by atoms with Crippen LogP contribution in [0.1, 0.15) is 10.4 Å². The molecule has 10 heteroatoms. The fourth-order valence-electron chi connectivity index (χ4n) is 2.34. The van der Waals surface area contributed by atoms with Crippen molar-refractivity contribution >= 4 is 23.3 Å². The quantitative estimate of drug-likeness (QED) is 0.414. The summed E-state index contributed by atoms with van der Waals surface area (Å²) >= 11 is 0. The maximum Gasteiger partial charge on any atom is 0.342 e. The van der Waals surface area contributed by atoms with Crippen molar-refractivity contribution in [1.82, 2.24) is 0 Å². The van der Waals surface area contributed by atoms with Gasteiger partial charge in [-0.1, -0.05) is 6.07 Å². The average molecular weight is 390 g/mol. The first-order chi connectivity index (χ1) is 13.4. The molecule has 0 aliphatic carbocycles. The lowest BCUT2D eigenvalue weighted by Crippen LogP contribution is -2.21. The molecular weight excluding hydrogens is 372 g/mol. The number of hydrogen-bond acceptors (Lipinski definition) is 8. The van der Waals surface area contributed by atoms with E-state index in [2.05, 4.69) is 5.32 Å². The molecule has 1 N–H and O–H groups in total. The number of carbonyl (C=O) groups is 2. The Labute approximate surface area is 160 Å². The monoisotopic (exact) mass is 390 g/mol. The van der Waals surface area contributed by atoms with E-state index < -0.39 is 23.4 Å². The molecule has 2 rings (SSSR count). The Bertz CT molecular complexity index is 897. The third-order valence-corrected chi connectivity index (χ3v) is 3.63. The van der Waals surface area contributed by atoms with Crippen LogP contribution in [0.2, 0.25) is 0 Å². The molecule has 1 amide bonds. The summed E-state index contributed by atoms with van der Waals surface area (Å²) < 4.78 is 20.1. The van der Waals surface area contributed by atoms with E-state index >= 15 is 0 Å². The van der Waals surface area contributed by atoms with Crippen LogP contribution in [0.5, 0.6) is 17.2 Å². The van der Waals surface area contributed by atoms with Crippen molar-refractivity contribution in [3.63, 3.8) is 0 Å². The van der Waals surface area contributed by atoms with E-state index in [0.717, 1.165) is 0 Å². The molecule has 0 fully saturated rings. The molecule has 2 aromatic rings. The van der Waals surface area contributed by atoms with Gasteiger partial charge in [-0.25, -0.2) is 4.79 Å². The number of benzene rings is 2. The molecule has 0 unspecified atom stereocenters. The van der Waals surface area contributed by atoms with Crippen molar-refractivity contribution < 1.29 is 33.5 Å². The van der Waals surface area contributed by atoms with E-state index in [0.29, 0.717) is 5.75 Å². The second-order valence-electron chi connectivity index (χ2n) is 5.31. The van der Waals surface area contributed by atoms with Gasteiger partial charge in [0.1, 0.15) is 17.0 Å². The topological polar surface area (TPSA) is 126 Å². The summed E-state index contributed by atoms with van der Waals surface area (Å²) in [5.41, 5.74) is -0.329. The molecule has 0 aromatic heterocycles. The number of nitro benzene ring substituents is 1. The van der Waals surface area contributed by atoms with Gasteiger partial charge in [0.2, 0.25) is 0 Å². The summed E-state index contributed by atoms with van der Waals surface area (Å²) in [4.78, 5) is 34.8. The standard InChI is InChI=1S/C18H18N2O8/c1-25-11-7-8-13(14(9-11)20(23)24)19-16(21)10-28-18(22)12-5-4-6-15(26-2)17(12)27-3/h4-9H,10H2,1-3H3,(H,19,21). The fourth-order valence-corrected chi connectivity index (χ4v) is 2.34. The lowest BCUT2D eigenvalue weighted by molar-refractivity contribution is -0.384. The largest absolute Gasteiger partial charge is 0.496 e. The van der Waals surface area contributed by atoms with Crippen LogP contribution in [0.25, 0.3) is 0 Å². The van der Waals surface area contributed by atoms with Crippen molar-refractivity contribution in [3.8, 4) is 17.2 Å². The summed E-state index contributed by atoms with van der Waals surface area (Å²) in [5.74, 6) is -0.795. The first kappa shape index (κ1) is 20.5. The molecule has 0 saturated carbocycles. The number of amides is 1. The number of nitro groups is 1. The highest BCUT2D eigenvalue weighted by atomic mass is 16.6. The Morgan fingerprint density at radius 2 is 1.82 bits per heavy atom. The van der Waals surface area contributed by atoms with Gasteiger partial charge in [0.05, 0.1) is 32.3 Å². The number of nitrogens with one attached hydrogen (secondary N) is 1. The number of esters is 1. The number of nitrogens with zero attached hydrogens (tertiary/aromatic N) is 1. The molecule has 0 aliphatic rings. The van der Waals surface area contributed by atoms with Crippen LogP contribution in [-0.4, -0.2) is 44.7 Å². The Morgan fingerprint density at radius 1 is 1.07 bits per heavy atom. The third kappa shape index (κ3) is 4.67. The molecule has 0 spiro atoms. The minimum atomic E-state index is -0.810. The zero-order chi connectivity index (χ0) is 20.7. The van der Waals surface area contributed by atoms with Gasteiger partial charge >= 0.3 is 5.97 Å². The number of rotatable bonds is 8. The SMILES string of the molecule is COc1ccc(NC(=O)COC(=O)c2cccc(OC)c2OC)c([N+](=O)[O-])c1. The Hall–Kier alpha value is -3.82. The van der Waals surface area contributed by atoms with E-state index in [-0.39, 0.29) is 28.4 Å². The third-order valence-electron chi connectivity index (χ3n) is 3.63. The highest BCUT2D eigenvalue weighted by molar-refractivity contribution is 5.98. The lowest BCUT2D eigenvalue weighted by Gasteiger charge is -2.12. The van der Waals surface area contributed by atoms with Gasteiger partial charge in [-0.15, -0.1) is 0 Å². The second kappa shape index (κ2) is 9.21. The molecule has 0 saturated heterocycles. The zero-order valence-electron chi connectivity index (χ0n) is 15.4. The van der Waals surface area contributed by atoms with Gasteiger partial charge in [-0.2, -0.15) is 0 Å². The lowest BCUT2D eigenvalue weighted by atomic mass is 10.2. The number of hydrogen-bond donors (Lipinski definition) is 1. The van der Waals surface area contributed by atoms with Crippen molar-refractivity contribution in [2.45, 2.75) is 0 Å². The second-order valence-corrected chi connectivity index (χ2v) is 5.31. The van der Waals surface area contributed by atoms with E-state index in [1.54, 1.807) is 12.1 Å². The van der Waals surface area contributed by atoms with Crippen LogP contribution in [0.3, 0.4) is 0 Å². The maximum absolute atomic E-state index is 12.2. The Balaban J connectivity index is 2.07. The van der Waals surface area contributed by atoms with Gasteiger partial charge in [0.25, 0.3) is 11.6 Å². The van der Waals surface area contributed by atoms with Crippen molar-refractivity contribution in [2.75, 3.05) is 33.3 Å². The van der Waals surface area contributed by atoms with Gasteiger partial charge < -0.3 is 24.3 Å². The molecule has 0 aliphatic heterocycles. The van der Waals surface area contributed by atoms with Crippen LogP contribution in [0.4, 0.5) is 11.4 Å². The minimum absolute atomic E-state index is 0.0502. The fraction of sp³-hybridized carbons (Fsp3) is 0.222. The van der Waals surface area contributed by atoms with Crippen molar-refractivity contribution in [3.05, 3.63) is 52.1 Å². The van der Waals surface area contributed by atoms with Crippen molar-refractivity contribution in [1.29, 1.82) is 0 Å². The molecule has 28 heavy (non-hydrogen) atoms. The highest BCUT2D eigenvalue weighted by Crippen LogP contribution is 2.31. The van der Waals surface area contributed by atoms with Crippen LogP contribution in [0, 0.1) is 10.1 Å². The van der Waals surface area contributed by atoms with Crippen LogP contribution < -0.4 is 19.5 Å². The summed E-state index contributed by atoms with van der Waals surface area (Å²) in [6.07, 6.45) is 0. The molecule has 10 nitrogen and oxygen atoms in total. The van der Waals surface area contributed by atoms with Gasteiger partial charge in [-0.05, 0) is 24.3 Å². The van der Waals surface area contributed by atoms with Gasteiger partial charge in [0, 0.05) is 0 Å². The number of ether oxygens (including phenoxy) is 4. The number of carbonyl (C=O) groups excluding carboxylic acids is 2. The minimum Gasteiger partial charge on any atom is -0.496 e. The predicted molar refractivity (Wildman–Crippen MR) is 98.1 cm³/mol. The van der Waals surface area contributed by atoms with Crippen LogP contribution in [0.15, 0.2) is 36.4 Å². The first-order valence-corrected chi connectivity index (χ1v) is 7.91. The molecule has 0 heterocycles. The summed E-state index contributed by atoms with van der Waals surface area (Å²) in [7, 11) is 4.15. The van der Waals surface area contributed by atoms with Crippen LogP contribution >= 0.6 is 0 Å². The molecule has 148 valence electrons. The van der Waals surface area contributed by atoms with Gasteiger partial charge in [-0.3, -0.25) is 14.9 Å². The smallest absolute Gasteiger partial charge is 0.342 e. The van der Waals surface area contributed by atoms with E-state index in [4.69, 9.17) is 18.9 Å². The maximum atomic E-state index is 12.2. The molecule has 0 bridgehead atoms. The predicted octanol–water partition coefficient (Wildman–Crippen LogP) is 2.42. The summed E-state index contributed by atoms with van der Waals surface area (Å²) in [6, 6.07) is 8.57.